The topological polar surface area (TPSA) is 67.4 Å². The van der Waals surface area contributed by atoms with E-state index in [0.717, 1.165) is 6.42 Å². The first-order valence-corrected chi connectivity index (χ1v) is 7.87. The van der Waals surface area contributed by atoms with Crippen LogP contribution >= 0.6 is 11.3 Å². The van der Waals surface area contributed by atoms with Crippen molar-refractivity contribution in [3.8, 4) is 5.75 Å². The summed E-state index contributed by atoms with van der Waals surface area (Å²) in [6.07, 6.45) is 0.238. The first kappa shape index (κ1) is 16.0. The van der Waals surface area contributed by atoms with Crippen LogP contribution in [0.25, 0.3) is 0 Å². The molecule has 2 amide bonds. The summed E-state index contributed by atoms with van der Waals surface area (Å²) in [6.45, 7) is 3.70. The van der Waals surface area contributed by atoms with Crippen molar-refractivity contribution in [3.05, 3.63) is 52.2 Å². The average molecular weight is 318 g/mol. The SMILES string of the molecule is CCc1ccc(O[C@H](C)C(=O)NNC(=O)c2cccs2)cc1. The maximum Gasteiger partial charge on any atom is 0.279 e. The van der Waals surface area contributed by atoms with E-state index in [1.54, 1.807) is 24.4 Å². The highest BCUT2D eigenvalue weighted by molar-refractivity contribution is 7.12. The largest absolute Gasteiger partial charge is 0.481 e. The molecule has 0 saturated heterocycles. The Hall–Kier alpha value is -2.34. The number of amides is 2. The van der Waals surface area contributed by atoms with Crippen LogP contribution in [0.5, 0.6) is 5.75 Å². The molecule has 1 aromatic heterocycles. The van der Waals surface area contributed by atoms with Gasteiger partial charge in [0, 0.05) is 0 Å². The van der Waals surface area contributed by atoms with Gasteiger partial charge in [0.1, 0.15) is 5.75 Å². The van der Waals surface area contributed by atoms with Gasteiger partial charge < -0.3 is 4.74 Å². The molecule has 0 aliphatic rings. The van der Waals surface area contributed by atoms with Gasteiger partial charge in [-0.25, -0.2) is 0 Å². The smallest absolute Gasteiger partial charge is 0.279 e. The molecule has 2 aromatic rings. The quantitative estimate of drug-likeness (QED) is 0.833. The molecule has 2 N–H and O–H groups in total. The molecule has 0 spiro atoms. The van der Waals surface area contributed by atoms with E-state index in [1.165, 1.54) is 16.9 Å². The van der Waals surface area contributed by atoms with Crippen molar-refractivity contribution >= 4 is 23.2 Å². The number of ether oxygens (including phenoxy) is 1. The van der Waals surface area contributed by atoms with Crippen molar-refractivity contribution in [3.63, 3.8) is 0 Å². The third-order valence-corrected chi connectivity index (χ3v) is 3.93. The molecular weight excluding hydrogens is 300 g/mol. The Balaban J connectivity index is 1.82. The van der Waals surface area contributed by atoms with E-state index >= 15 is 0 Å². The first-order valence-electron chi connectivity index (χ1n) is 6.99. The highest BCUT2D eigenvalue weighted by Crippen LogP contribution is 2.14. The van der Waals surface area contributed by atoms with Crippen LogP contribution in [0.3, 0.4) is 0 Å². The van der Waals surface area contributed by atoms with Crippen molar-refractivity contribution in [2.75, 3.05) is 0 Å². The zero-order valence-corrected chi connectivity index (χ0v) is 13.3. The van der Waals surface area contributed by atoms with E-state index in [9.17, 15) is 9.59 Å². The summed E-state index contributed by atoms with van der Waals surface area (Å²) in [4.78, 5) is 24.1. The Morgan fingerprint density at radius 2 is 1.91 bits per heavy atom. The van der Waals surface area contributed by atoms with Crippen molar-refractivity contribution in [2.45, 2.75) is 26.4 Å². The lowest BCUT2D eigenvalue weighted by atomic mass is 10.2. The monoisotopic (exact) mass is 318 g/mol. The molecule has 0 aliphatic heterocycles. The normalized spacial score (nSPS) is 11.5. The summed E-state index contributed by atoms with van der Waals surface area (Å²) in [7, 11) is 0. The van der Waals surface area contributed by atoms with Crippen molar-refractivity contribution in [1.82, 2.24) is 10.9 Å². The number of hydrazine groups is 1. The van der Waals surface area contributed by atoms with E-state index < -0.39 is 12.0 Å². The molecule has 0 radical (unpaired) electrons. The molecular formula is C16H18N2O3S. The van der Waals surface area contributed by atoms with Crippen LogP contribution in [-0.2, 0) is 11.2 Å². The summed E-state index contributed by atoms with van der Waals surface area (Å²) < 4.78 is 5.54. The van der Waals surface area contributed by atoms with E-state index in [4.69, 9.17) is 4.74 Å². The van der Waals surface area contributed by atoms with Crippen LogP contribution in [0.1, 0.15) is 29.1 Å². The molecule has 0 unspecified atom stereocenters. The number of hydrogen-bond donors (Lipinski definition) is 2. The molecule has 2 rings (SSSR count). The molecule has 0 aliphatic carbocycles. The van der Waals surface area contributed by atoms with E-state index in [-0.39, 0.29) is 5.91 Å². The van der Waals surface area contributed by atoms with E-state index in [0.29, 0.717) is 10.6 Å². The lowest BCUT2D eigenvalue weighted by molar-refractivity contribution is -0.128. The first-order chi connectivity index (χ1) is 10.6. The fraction of sp³-hybridized carbons (Fsp3) is 0.250. The zero-order chi connectivity index (χ0) is 15.9. The average Bonchev–Trinajstić information content (AvgIpc) is 3.07. The second-order valence-electron chi connectivity index (χ2n) is 4.68. The molecule has 1 heterocycles. The molecule has 1 atom stereocenters. The van der Waals surface area contributed by atoms with Gasteiger partial charge in [-0.05, 0) is 42.5 Å². The van der Waals surface area contributed by atoms with Crippen LogP contribution in [0.15, 0.2) is 41.8 Å². The highest BCUT2D eigenvalue weighted by atomic mass is 32.1. The van der Waals surface area contributed by atoms with Crippen LogP contribution in [0.2, 0.25) is 0 Å². The van der Waals surface area contributed by atoms with E-state index in [1.807, 2.05) is 24.3 Å². The maximum absolute atomic E-state index is 11.9. The Labute approximate surface area is 133 Å². The zero-order valence-electron chi connectivity index (χ0n) is 12.5. The minimum absolute atomic E-state index is 0.345. The predicted molar refractivity (Wildman–Crippen MR) is 85.8 cm³/mol. The van der Waals surface area contributed by atoms with Gasteiger partial charge in [0.15, 0.2) is 6.10 Å². The van der Waals surface area contributed by atoms with Gasteiger partial charge in [-0.3, -0.25) is 20.4 Å². The number of thiophene rings is 1. The standard InChI is InChI=1S/C16H18N2O3S/c1-3-12-6-8-13(9-7-12)21-11(2)15(19)17-18-16(20)14-5-4-10-22-14/h4-11H,3H2,1-2H3,(H,17,19)(H,18,20)/t11-/m1/s1. The number of rotatable bonds is 5. The molecule has 0 fully saturated rings. The molecule has 116 valence electrons. The second kappa shape index (κ2) is 7.61. The molecule has 22 heavy (non-hydrogen) atoms. The summed E-state index contributed by atoms with van der Waals surface area (Å²) >= 11 is 1.30. The van der Waals surface area contributed by atoms with Gasteiger partial charge in [-0.15, -0.1) is 11.3 Å². The van der Waals surface area contributed by atoms with Crippen LogP contribution in [-0.4, -0.2) is 17.9 Å². The maximum atomic E-state index is 11.9. The van der Waals surface area contributed by atoms with Crippen molar-refractivity contribution < 1.29 is 14.3 Å². The second-order valence-corrected chi connectivity index (χ2v) is 5.63. The minimum Gasteiger partial charge on any atom is -0.481 e. The number of aryl methyl sites for hydroxylation is 1. The number of benzene rings is 1. The number of carbonyl (C=O) groups excluding carboxylic acids is 2. The summed E-state index contributed by atoms with van der Waals surface area (Å²) in [5, 5.41) is 1.79. The summed E-state index contributed by atoms with van der Waals surface area (Å²) in [5.41, 5.74) is 5.92. The Kier molecular flexibility index (Phi) is 5.55. The van der Waals surface area contributed by atoms with Crippen LogP contribution in [0, 0.1) is 0 Å². The van der Waals surface area contributed by atoms with Crippen LogP contribution in [0.4, 0.5) is 0 Å². The third-order valence-electron chi connectivity index (χ3n) is 3.06. The molecule has 1 aromatic carbocycles. The number of carbonyl (C=O) groups is 2. The number of hydrogen-bond acceptors (Lipinski definition) is 4. The fourth-order valence-electron chi connectivity index (χ4n) is 1.75. The third kappa shape index (κ3) is 4.33. The summed E-state index contributed by atoms with van der Waals surface area (Å²) in [5.74, 6) is -0.142. The van der Waals surface area contributed by atoms with Crippen LogP contribution < -0.4 is 15.6 Å². The predicted octanol–water partition coefficient (Wildman–Crippen LogP) is 2.54. The Bertz CT molecular complexity index is 623. The van der Waals surface area contributed by atoms with Gasteiger partial charge in [0.2, 0.25) is 0 Å². The molecule has 5 nitrogen and oxygen atoms in total. The van der Waals surface area contributed by atoms with Crippen molar-refractivity contribution in [1.29, 1.82) is 0 Å². The van der Waals surface area contributed by atoms with Gasteiger partial charge in [-0.1, -0.05) is 25.1 Å². The lowest BCUT2D eigenvalue weighted by Crippen LogP contribution is -2.47. The van der Waals surface area contributed by atoms with Crippen molar-refractivity contribution in [2.24, 2.45) is 0 Å². The lowest BCUT2D eigenvalue weighted by Gasteiger charge is -2.15. The number of nitrogens with one attached hydrogen (secondary N) is 2. The molecule has 0 saturated carbocycles. The van der Waals surface area contributed by atoms with Gasteiger partial charge in [0.25, 0.3) is 11.8 Å². The Morgan fingerprint density at radius 1 is 1.18 bits per heavy atom. The molecule has 6 heteroatoms. The molecule has 0 bridgehead atoms. The minimum atomic E-state index is -0.712. The Morgan fingerprint density at radius 3 is 2.50 bits per heavy atom. The van der Waals surface area contributed by atoms with Gasteiger partial charge >= 0.3 is 0 Å². The van der Waals surface area contributed by atoms with Gasteiger partial charge in [0.05, 0.1) is 4.88 Å². The highest BCUT2D eigenvalue weighted by Gasteiger charge is 2.16. The summed E-state index contributed by atoms with van der Waals surface area (Å²) in [6, 6.07) is 11.0. The fourth-order valence-corrected chi connectivity index (χ4v) is 2.37. The van der Waals surface area contributed by atoms with E-state index in [2.05, 4.69) is 17.8 Å². The van der Waals surface area contributed by atoms with Gasteiger partial charge in [-0.2, -0.15) is 0 Å².